The Morgan fingerprint density at radius 2 is 2.04 bits per heavy atom. The van der Waals surface area contributed by atoms with Crippen molar-refractivity contribution < 1.29 is 21.6 Å². The molecule has 1 amide bonds. The normalized spacial score (nSPS) is 19.3. The summed E-state index contributed by atoms with van der Waals surface area (Å²) < 4.78 is 51.3. The van der Waals surface area contributed by atoms with E-state index < -0.39 is 32.0 Å². The maximum atomic E-state index is 12.9. The molecule has 1 aliphatic rings. The number of aromatic nitrogens is 1. The number of benzene rings is 1. The molecule has 9 nitrogen and oxygen atoms in total. The molecule has 1 aliphatic heterocycles. The van der Waals surface area contributed by atoms with E-state index in [1.54, 1.807) is 18.2 Å². The molecule has 0 radical (unpaired) electrons. The van der Waals surface area contributed by atoms with Crippen molar-refractivity contribution in [3.05, 3.63) is 29.3 Å². The number of carbonyl (C=O) groups is 1. The minimum atomic E-state index is -3.80. The number of carbonyl (C=O) groups excluding carboxylic acids is 1. The maximum Gasteiger partial charge on any atom is 0.258 e. The lowest BCUT2D eigenvalue weighted by Gasteiger charge is -2.32. The molecule has 3 N–H and O–H groups in total. The lowest BCUT2D eigenvalue weighted by molar-refractivity contribution is -0.120. The lowest BCUT2D eigenvalue weighted by atomic mass is 10.1. The highest BCUT2D eigenvalue weighted by molar-refractivity contribution is 7.89. The number of aromatic amines is 1. The van der Waals surface area contributed by atoms with Crippen molar-refractivity contribution in [1.29, 1.82) is 0 Å². The van der Waals surface area contributed by atoms with Crippen LogP contribution in [0.15, 0.2) is 29.3 Å². The molecule has 12 heteroatoms. The summed E-state index contributed by atoms with van der Waals surface area (Å²) in [5.41, 5.74) is 0.650. The first-order valence-electron chi connectivity index (χ1n) is 8.07. The van der Waals surface area contributed by atoms with Gasteiger partial charge in [-0.2, -0.15) is 4.31 Å². The van der Waals surface area contributed by atoms with Crippen molar-refractivity contribution in [2.24, 2.45) is 0 Å². The van der Waals surface area contributed by atoms with Crippen LogP contribution in [0.1, 0.15) is 6.42 Å². The van der Waals surface area contributed by atoms with E-state index in [0.29, 0.717) is 22.5 Å². The Labute approximate surface area is 162 Å². The zero-order valence-corrected chi connectivity index (χ0v) is 16.8. The van der Waals surface area contributed by atoms with Gasteiger partial charge in [0, 0.05) is 48.0 Å². The molecule has 2 heterocycles. The molecule has 1 aromatic carbocycles. The molecular formula is C15H19ClN4O5S2. The van der Waals surface area contributed by atoms with Gasteiger partial charge >= 0.3 is 0 Å². The fourth-order valence-corrected chi connectivity index (χ4v) is 5.16. The second-order valence-corrected chi connectivity index (χ2v) is 10.5. The van der Waals surface area contributed by atoms with E-state index in [4.69, 9.17) is 11.6 Å². The summed E-state index contributed by atoms with van der Waals surface area (Å²) in [6, 6.07) is 6.06. The number of sulfonamides is 2. The zero-order chi connectivity index (χ0) is 19.8. The standard InChI is InChI=1S/C15H19ClN4O5S2/c1-26(22,23)19-14(21)8-12-9-20(5-4-17-12)27(24,25)15-7-10-6-11(16)2-3-13(10)18-15/h2-3,6-7,12,17-18H,4-5,8-9H2,1H3,(H,19,21). The summed E-state index contributed by atoms with van der Waals surface area (Å²) in [5, 5.41) is 4.26. The van der Waals surface area contributed by atoms with Crippen LogP contribution in [0.4, 0.5) is 0 Å². The highest BCUT2D eigenvalue weighted by Crippen LogP contribution is 2.25. The molecule has 1 saturated heterocycles. The molecule has 1 fully saturated rings. The van der Waals surface area contributed by atoms with E-state index >= 15 is 0 Å². The van der Waals surface area contributed by atoms with Crippen molar-refractivity contribution in [1.82, 2.24) is 19.3 Å². The molecule has 1 aromatic heterocycles. The Morgan fingerprint density at radius 1 is 1.30 bits per heavy atom. The van der Waals surface area contributed by atoms with E-state index in [9.17, 15) is 21.6 Å². The van der Waals surface area contributed by atoms with E-state index in [1.165, 1.54) is 10.4 Å². The first-order valence-corrected chi connectivity index (χ1v) is 11.8. The van der Waals surface area contributed by atoms with Crippen molar-refractivity contribution in [3.8, 4) is 0 Å². The van der Waals surface area contributed by atoms with Crippen molar-refractivity contribution >= 4 is 48.5 Å². The van der Waals surface area contributed by atoms with Gasteiger partial charge in [0.25, 0.3) is 10.0 Å². The van der Waals surface area contributed by atoms with Gasteiger partial charge in [-0.3, -0.25) is 9.52 Å². The molecule has 0 spiro atoms. The number of hydrogen-bond donors (Lipinski definition) is 3. The molecule has 148 valence electrons. The van der Waals surface area contributed by atoms with E-state index in [1.807, 2.05) is 4.72 Å². The quantitative estimate of drug-likeness (QED) is 0.618. The third-order valence-corrected chi connectivity index (χ3v) is 6.75. The largest absolute Gasteiger partial charge is 0.345 e. The summed E-state index contributed by atoms with van der Waals surface area (Å²) in [4.78, 5) is 14.7. The molecule has 3 rings (SSSR count). The third kappa shape index (κ3) is 4.79. The molecule has 2 aromatic rings. The second kappa shape index (κ2) is 7.40. The van der Waals surface area contributed by atoms with Gasteiger partial charge in [-0.05, 0) is 24.3 Å². The minimum absolute atomic E-state index is 0.0426. The molecule has 0 aliphatic carbocycles. The number of piperazine rings is 1. The minimum Gasteiger partial charge on any atom is -0.345 e. The van der Waals surface area contributed by atoms with Crippen LogP contribution in [0.2, 0.25) is 5.02 Å². The van der Waals surface area contributed by atoms with Crippen LogP contribution in [0, 0.1) is 0 Å². The van der Waals surface area contributed by atoms with Crippen molar-refractivity contribution in [2.75, 3.05) is 25.9 Å². The van der Waals surface area contributed by atoms with Crippen LogP contribution in [0.5, 0.6) is 0 Å². The predicted octanol–water partition coefficient (Wildman–Crippen LogP) is 0.250. The van der Waals surface area contributed by atoms with Gasteiger partial charge in [-0.25, -0.2) is 16.8 Å². The second-order valence-electron chi connectivity index (χ2n) is 6.38. The first-order chi connectivity index (χ1) is 12.5. The summed E-state index contributed by atoms with van der Waals surface area (Å²) in [7, 11) is -7.45. The smallest absolute Gasteiger partial charge is 0.258 e. The van der Waals surface area contributed by atoms with Crippen LogP contribution in [0.3, 0.4) is 0 Å². The number of nitrogens with one attached hydrogen (secondary N) is 3. The molecule has 27 heavy (non-hydrogen) atoms. The highest BCUT2D eigenvalue weighted by Gasteiger charge is 2.32. The fraction of sp³-hybridized carbons (Fsp3) is 0.400. The molecule has 1 atom stereocenters. The Kier molecular flexibility index (Phi) is 5.50. The van der Waals surface area contributed by atoms with Gasteiger partial charge in [0.2, 0.25) is 15.9 Å². The van der Waals surface area contributed by atoms with Crippen LogP contribution in [-0.2, 0) is 24.8 Å². The van der Waals surface area contributed by atoms with Gasteiger partial charge in [0.15, 0.2) is 0 Å². The van der Waals surface area contributed by atoms with E-state index in [-0.39, 0.29) is 24.5 Å². The van der Waals surface area contributed by atoms with Gasteiger partial charge in [-0.15, -0.1) is 0 Å². The van der Waals surface area contributed by atoms with Crippen LogP contribution in [-0.4, -0.2) is 64.0 Å². The SMILES string of the molecule is CS(=O)(=O)NC(=O)CC1CN(S(=O)(=O)c2cc3cc(Cl)ccc3[nH]2)CCN1. The number of fused-ring (bicyclic) bond motifs is 1. The van der Waals surface area contributed by atoms with Crippen LogP contribution < -0.4 is 10.0 Å². The Balaban J connectivity index is 1.76. The number of amides is 1. The van der Waals surface area contributed by atoms with Gasteiger partial charge in [-0.1, -0.05) is 11.6 Å². The number of H-pyrrole nitrogens is 1. The summed E-state index contributed by atoms with van der Waals surface area (Å²) in [5.74, 6) is -0.686. The molecular weight excluding hydrogens is 416 g/mol. The molecule has 1 unspecified atom stereocenters. The Morgan fingerprint density at radius 3 is 2.74 bits per heavy atom. The topological polar surface area (TPSA) is 128 Å². The lowest BCUT2D eigenvalue weighted by Crippen LogP contribution is -2.54. The summed E-state index contributed by atoms with van der Waals surface area (Å²) in [6.45, 7) is 0.639. The zero-order valence-electron chi connectivity index (χ0n) is 14.4. The monoisotopic (exact) mass is 434 g/mol. The summed E-state index contributed by atoms with van der Waals surface area (Å²) in [6.07, 6.45) is 0.736. The maximum absolute atomic E-state index is 12.9. The van der Waals surface area contributed by atoms with Crippen molar-refractivity contribution in [2.45, 2.75) is 17.5 Å². The van der Waals surface area contributed by atoms with E-state index in [0.717, 1.165) is 6.26 Å². The average molecular weight is 435 g/mol. The van der Waals surface area contributed by atoms with Crippen LogP contribution >= 0.6 is 11.6 Å². The average Bonchev–Trinajstić information content (AvgIpc) is 2.97. The first kappa shape index (κ1) is 20.1. The fourth-order valence-electron chi connectivity index (χ4n) is 2.98. The highest BCUT2D eigenvalue weighted by atomic mass is 35.5. The number of halogens is 1. The predicted molar refractivity (Wildman–Crippen MR) is 101 cm³/mol. The van der Waals surface area contributed by atoms with E-state index in [2.05, 4.69) is 10.3 Å². The van der Waals surface area contributed by atoms with Gasteiger partial charge in [0.05, 0.1) is 6.26 Å². The molecule has 0 saturated carbocycles. The van der Waals surface area contributed by atoms with Gasteiger partial charge < -0.3 is 10.3 Å². The number of hydrogen-bond acceptors (Lipinski definition) is 6. The number of rotatable bonds is 5. The van der Waals surface area contributed by atoms with Crippen molar-refractivity contribution in [3.63, 3.8) is 0 Å². The Hall–Kier alpha value is -1.66. The molecule has 0 bridgehead atoms. The third-order valence-electron chi connectivity index (χ3n) is 4.13. The summed E-state index contributed by atoms with van der Waals surface area (Å²) >= 11 is 5.94. The number of nitrogens with zero attached hydrogens (tertiary/aromatic N) is 1. The van der Waals surface area contributed by atoms with Crippen LogP contribution in [0.25, 0.3) is 10.9 Å². The van der Waals surface area contributed by atoms with Gasteiger partial charge in [0.1, 0.15) is 5.03 Å². The Bertz CT molecular complexity index is 1080.